The van der Waals surface area contributed by atoms with E-state index < -0.39 is 0 Å². The smallest absolute Gasteiger partial charge is 0.170 e. The van der Waals surface area contributed by atoms with Gasteiger partial charge in [0.2, 0.25) is 0 Å². The number of aromatic nitrogens is 2. The van der Waals surface area contributed by atoms with E-state index in [9.17, 15) is 0 Å². The van der Waals surface area contributed by atoms with Crippen LogP contribution in [0.4, 0.5) is 0 Å². The van der Waals surface area contributed by atoms with Crippen LogP contribution in [0.25, 0.3) is 9.66 Å². The van der Waals surface area contributed by atoms with Gasteiger partial charge >= 0.3 is 0 Å². The summed E-state index contributed by atoms with van der Waals surface area (Å²) >= 11 is 3.18. The minimum absolute atomic E-state index is 0.867. The molecule has 0 unspecified atom stereocenters. The molecule has 2 nitrogen and oxygen atoms in total. The first-order valence-corrected chi connectivity index (χ1v) is 5.09. The quantitative estimate of drug-likeness (QED) is 0.602. The molecule has 0 bridgehead atoms. The van der Waals surface area contributed by atoms with Gasteiger partial charge in [-0.3, -0.25) is 0 Å². The van der Waals surface area contributed by atoms with Crippen LogP contribution in [0.2, 0.25) is 0 Å². The zero-order valence-corrected chi connectivity index (χ0v) is 8.34. The van der Waals surface area contributed by atoms with Crippen molar-refractivity contribution >= 4 is 32.3 Å². The van der Waals surface area contributed by atoms with E-state index >= 15 is 0 Å². The van der Waals surface area contributed by atoms with E-state index in [0.717, 1.165) is 19.7 Å². The Morgan fingerprint density at radius 1 is 1.17 bits per heavy atom. The van der Waals surface area contributed by atoms with Gasteiger partial charge in [0.05, 0.1) is 5.01 Å². The van der Waals surface area contributed by atoms with Crippen LogP contribution in [0.3, 0.4) is 0 Å². The molecule has 0 saturated carbocycles. The van der Waals surface area contributed by atoms with Crippen LogP contribution in [0.1, 0.15) is 16.9 Å². The highest BCUT2D eigenvalue weighted by atomic mass is 32.1. The Morgan fingerprint density at radius 3 is 2.58 bits per heavy atom. The topological polar surface area (TPSA) is 25.8 Å². The molecule has 2 rings (SSSR count). The van der Waals surface area contributed by atoms with Gasteiger partial charge in [-0.1, -0.05) is 28.6 Å². The summed E-state index contributed by atoms with van der Waals surface area (Å²) in [4.78, 5) is 10.7. The average Bonchev–Trinajstić information content (AvgIpc) is 2.44. The zero-order chi connectivity index (χ0) is 8.55. The van der Waals surface area contributed by atoms with Crippen molar-refractivity contribution in [2.45, 2.75) is 13.8 Å². The van der Waals surface area contributed by atoms with Crippen LogP contribution < -0.4 is 0 Å². The zero-order valence-electron chi connectivity index (χ0n) is 6.71. The van der Waals surface area contributed by atoms with E-state index in [1.165, 1.54) is 0 Å². The third-order valence-corrected chi connectivity index (χ3v) is 3.17. The van der Waals surface area contributed by atoms with Gasteiger partial charge in [-0.2, -0.15) is 0 Å². The summed E-state index contributed by atoms with van der Waals surface area (Å²) in [5.41, 5.74) is 0. The van der Waals surface area contributed by atoms with Crippen LogP contribution in [0, 0.1) is 18.8 Å². The Kier molecular flexibility index (Phi) is 1.83. The van der Waals surface area contributed by atoms with Gasteiger partial charge < -0.3 is 0 Å². The molecule has 0 radical (unpaired) electrons. The number of hydrogen-bond acceptors (Lipinski definition) is 4. The van der Waals surface area contributed by atoms with Gasteiger partial charge in [0.15, 0.2) is 14.7 Å². The summed E-state index contributed by atoms with van der Waals surface area (Å²) < 4.78 is 0. The first kappa shape index (κ1) is 7.71. The fourth-order valence-electron chi connectivity index (χ4n) is 0.901. The molecule has 4 heteroatoms. The largest absolute Gasteiger partial charge is 0.229 e. The Hall–Kier alpha value is -0.920. The summed E-state index contributed by atoms with van der Waals surface area (Å²) in [5.74, 6) is 5.75. The van der Waals surface area contributed by atoms with Crippen molar-refractivity contribution in [1.82, 2.24) is 9.97 Å². The Balaban J connectivity index is 2.62. The number of fused-ring (bicyclic) bond motifs is 1. The molecule has 2 heterocycles. The fraction of sp³-hybridized carbons (Fsp3) is 0.250. The number of aryl methyl sites for hydroxylation is 1. The first-order valence-electron chi connectivity index (χ1n) is 3.46. The van der Waals surface area contributed by atoms with Crippen LogP contribution in [-0.4, -0.2) is 9.97 Å². The number of nitrogens with zero attached hydrogens (tertiary/aromatic N) is 2. The van der Waals surface area contributed by atoms with Crippen molar-refractivity contribution in [3.8, 4) is 11.8 Å². The second-order valence-electron chi connectivity index (χ2n) is 2.24. The van der Waals surface area contributed by atoms with Crippen molar-refractivity contribution in [2.24, 2.45) is 0 Å². The predicted molar refractivity (Wildman–Crippen MR) is 52.6 cm³/mol. The number of thiazole rings is 2. The highest BCUT2D eigenvalue weighted by Crippen LogP contribution is 2.25. The van der Waals surface area contributed by atoms with Gasteiger partial charge in [-0.25, -0.2) is 9.97 Å². The molecule has 2 aromatic heterocycles. The number of rotatable bonds is 0. The second kappa shape index (κ2) is 2.85. The van der Waals surface area contributed by atoms with E-state index in [4.69, 9.17) is 0 Å². The van der Waals surface area contributed by atoms with E-state index in [1.54, 1.807) is 22.7 Å². The van der Waals surface area contributed by atoms with Crippen molar-refractivity contribution in [2.75, 3.05) is 0 Å². The molecular weight excluding hydrogens is 188 g/mol. The van der Waals surface area contributed by atoms with Crippen LogP contribution in [-0.2, 0) is 0 Å². The summed E-state index contributed by atoms with van der Waals surface area (Å²) in [7, 11) is 0. The van der Waals surface area contributed by atoms with Gasteiger partial charge in [-0.05, 0) is 19.8 Å². The van der Waals surface area contributed by atoms with Crippen molar-refractivity contribution in [1.29, 1.82) is 0 Å². The first-order chi connectivity index (χ1) is 5.79. The molecule has 0 fully saturated rings. The molecule has 0 aliphatic heterocycles. The fourth-order valence-corrected chi connectivity index (χ4v) is 2.74. The lowest BCUT2D eigenvalue weighted by Gasteiger charge is -1.74. The predicted octanol–water partition coefficient (Wildman–Crippen LogP) is 2.43. The summed E-state index contributed by atoms with van der Waals surface area (Å²) in [6.45, 7) is 3.80. The lowest BCUT2D eigenvalue weighted by Crippen LogP contribution is -1.66. The van der Waals surface area contributed by atoms with Crippen LogP contribution in [0.15, 0.2) is 0 Å². The SMILES string of the molecule is CC#Cc1nc2sc(C)nc2s1. The van der Waals surface area contributed by atoms with Crippen molar-refractivity contribution < 1.29 is 0 Å². The summed E-state index contributed by atoms with van der Waals surface area (Å²) in [6.07, 6.45) is 0. The van der Waals surface area contributed by atoms with Crippen molar-refractivity contribution in [3.05, 3.63) is 10.0 Å². The highest BCUT2D eigenvalue weighted by molar-refractivity contribution is 7.26. The standard InChI is InChI=1S/C8H6N2S2/c1-3-4-6-10-8-7(12-6)9-5(2)11-8/h1-2H3. The Morgan fingerprint density at radius 2 is 1.92 bits per heavy atom. The maximum Gasteiger partial charge on any atom is 0.170 e. The third-order valence-electron chi connectivity index (χ3n) is 1.31. The Labute approximate surface area is 78.3 Å². The number of hydrogen-bond donors (Lipinski definition) is 0. The van der Waals surface area contributed by atoms with Crippen LogP contribution >= 0.6 is 22.7 Å². The second-order valence-corrected chi connectivity index (χ2v) is 4.40. The highest BCUT2D eigenvalue weighted by Gasteiger charge is 2.05. The Bertz CT molecular complexity index is 438. The minimum atomic E-state index is 0.867. The van der Waals surface area contributed by atoms with Gasteiger partial charge in [0.1, 0.15) is 0 Å². The van der Waals surface area contributed by atoms with Gasteiger partial charge in [0, 0.05) is 0 Å². The van der Waals surface area contributed by atoms with Gasteiger partial charge in [0.25, 0.3) is 0 Å². The minimum Gasteiger partial charge on any atom is -0.229 e. The van der Waals surface area contributed by atoms with E-state index in [2.05, 4.69) is 21.8 Å². The maximum absolute atomic E-state index is 4.32. The lowest BCUT2D eigenvalue weighted by molar-refractivity contribution is 1.36. The molecular formula is C8H6N2S2. The van der Waals surface area contributed by atoms with E-state index in [-0.39, 0.29) is 0 Å². The molecule has 12 heavy (non-hydrogen) atoms. The van der Waals surface area contributed by atoms with Gasteiger partial charge in [-0.15, -0.1) is 0 Å². The molecule has 0 atom stereocenters. The molecule has 0 amide bonds. The molecule has 0 aliphatic rings. The molecule has 60 valence electrons. The molecule has 0 spiro atoms. The van der Waals surface area contributed by atoms with Crippen LogP contribution in [0.5, 0.6) is 0 Å². The summed E-state index contributed by atoms with van der Waals surface area (Å²) in [5, 5.41) is 1.94. The third kappa shape index (κ3) is 1.22. The normalized spacial score (nSPS) is 9.83. The molecule has 0 aromatic carbocycles. The maximum atomic E-state index is 4.32. The molecule has 2 aromatic rings. The average molecular weight is 194 g/mol. The summed E-state index contributed by atoms with van der Waals surface area (Å²) in [6, 6.07) is 0. The van der Waals surface area contributed by atoms with E-state index in [1.807, 2.05) is 13.8 Å². The van der Waals surface area contributed by atoms with E-state index in [0.29, 0.717) is 0 Å². The molecule has 0 N–H and O–H groups in total. The molecule has 0 aliphatic carbocycles. The molecule has 0 saturated heterocycles. The monoisotopic (exact) mass is 194 g/mol. The van der Waals surface area contributed by atoms with Crippen molar-refractivity contribution in [3.63, 3.8) is 0 Å². The lowest BCUT2D eigenvalue weighted by atomic mass is 10.6.